The van der Waals surface area contributed by atoms with Crippen LogP contribution in [0.2, 0.25) is 0 Å². The summed E-state index contributed by atoms with van der Waals surface area (Å²) in [5, 5.41) is 16.0. The predicted molar refractivity (Wildman–Crippen MR) is 177 cm³/mol. The molecule has 2 fully saturated rings. The largest absolute Gasteiger partial charge is 0.509 e. The van der Waals surface area contributed by atoms with E-state index < -0.39 is 87.4 Å². The summed E-state index contributed by atoms with van der Waals surface area (Å²) in [6.45, 7) is 4.02. The van der Waals surface area contributed by atoms with Gasteiger partial charge in [-0.15, -0.1) is 12.4 Å². The third-order valence-electron chi connectivity index (χ3n) is 9.36. The van der Waals surface area contributed by atoms with E-state index in [1.165, 1.54) is 24.1 Å². The molecule has 1 aromatic heterocycles. The zero-order chi connectivity index (χ0) is 38.3. The maximum Gasteiger partial charge on any atom is 0.433 e. The molecule has 0 saturated carbocycles. The van der Waals surface area contributed by atoms with Gasteiger partial charge in [0.15, 0.2) is 11.6 Å². The summed E-state index contributed by atoms with van der Waals surface area (Å²) >= 11 is 0. The Morgan fingerprint density at radius 1 is 1.00 bits per heavy atom. The van der Waals surface area contributed by atoms with Crippen LogP contribution in [0.3, 0.4) is 0 Å². The van der Waals surface area contributed by atoms with Crippen LogP contribution in [0.15, 0.2) is 54.1 Å². The average Bonchev–Trinajstić information content (AvgIpc) is 3.52. The molecule has 54 heavy (non-hydrogen) atoms. The number of benzene rings is 2. The Bertz CT molecular complexity index is 1940. The molecule has 2 aromatic carbocycles. The number of anilines is 1. The number of aliphatic hydroxyl groups is 1. The Morgan fingerprint density at radius 3 is 2.41 bits per heavy atom. The van der Waals surface area contributed by atoms with Crippen molar-refractivity contribution in [2.45, 2.75) is 44.2 Å². The average molecular weight is 793 g/mol. The fourth-order valence-electron chi connectivity index (χ4n) is 6.51. The number of nitrogens with one attached hydrogen (secondary N) is 1. The topological polar surface area (TPSA) is 120 Å². The number of carbonyl (C=O) groups is 2. The molecule has 0 unspecified atom stereocenters. The summed E-state index contributed by atoms with van der Waals surface area (Å²) in [5.74, 6) is -6.15. The van der Waals surface area contributed by atoms with E-state index in [9.17, 15) is 41.0 Å². The molecule has 2 saturated heterocycles. The van der Waals surface area contributed by atoms with Gasteiger partial charge in [0.25, 0.3) is 11.8 Å². The lowest BCUT2D eigenvalue weighted by Gasteiger charge is -2.46. The fraction of sp³-hybridized carbons (Fsp3) is 0.412. The standard InChI is InChI=1S/C34H32F8N6O5.ClH/c1-32-7-2-8-48(32)47(17-19-3-6-24(28(36)27(19)35)53-14-11-46-9-12-52-13-10-46)31(51)26(29(32)49)30(50)45-22-5-4-20(33(37,38)39)15-21(22)23-16-25(34(40,41)42)44-18-43-23;/h3-6,15-16,18,49H,2,7-14,17H2,1H3,(H,45,50);1H/t32-;/m0./s1. The van der Waals surface area contributed by atoms with Gasteiger partial charge in [-0.1, -0.05) is 6.07 Å². The van der Waals surface area contributed by atoms with Crippen molar-refractivity contribution in [1.82, 2.24) is 24.9 Å². The van der Waals surface area contributed by atoms with Crippen LogP contribution in [0, 0.1) is 11.6 Å². The summed E-state index contributed by atoms with van der Waals surface area (Å²) in [6, 6.07) is 4.60. The number of hydrogen-bond acceptors (Lipinski definition) is 9. The minimum Gasteiger partial charge on any atom is -0.509 e. The first kappa shape index (κ1) is 40.6. The zero-order valence-electron chi connectivity index (χ0n) is 28.4. The smallest absolute Gasteiger partial charge is 0.433 e. The molecule has 0 aliphatic carbocycles. The third-order valence-corrected chi connectivity index (χ3v) is 9.36. The van der Waals surface area contributed by atoms with Gasteiger partial charge in [-0.05, 0) is 50.1 Å². The van der Waals surface area contributed by atoms with Crippen molar-refractivity contribution < 1.29 is 59.3 Å². The Morgan fingerprint density at radius 2 is 1.72 bits per heavy atom. The van der Waals surface area contributed by atoms with E-state index in [-0.39, 0.29) is 43.3 Å². The number of aliphatic hydroxyl groups excluding tert-OH is 1. The van der Waals surface area contributed by atoms with Gasteiger partial charge in [0, 0.05) is 37.3 Å². The third kappa shape index (κ3) is 8.08. The highest BCUT2D eigenvalue weighted by atomic mass is 35.5. The van der Waals surface area contributed by atoms with E-state index in [1.54, 1.807) is 0 Å². The maximum absolute atomic E-state index is 15.5. The molecule has 6 rings (SSSR count). The molecule has 292 valence electrons. The van der Waals surface area contributed by atoms with Crippen molar-refractivity contribution >= 4 is 29.9 Å². The second-order valence-corrected chi connectivity index (χ2v) is 12.7. The second kappa shape index (κ2) is 15.6. The molecule has 3 aliphatic heterocycles. The quantitative estimate of drug-likeness (QED) is 0.194. The molecule has 2 amide bonds. The Labute approximate surface area is 308 Å². The van der Waals surface area contributed by atoms with Crippen LogP contribution < -0.4 is 10.1 Å². The van der Waals surface area contributed by atoms with Gasteiger partial charge in [0.1, 0.15) is 30.0 Å². The summed E-state index contributed by atoms with van der Waals surface area (Å²) in [4.78, 5) is 36.6. The second-order valence-electron chi connectivity index (χ2n) is 12.7. The lowest BCUT2D eigenvalue weighted by molar-refractivity contribution is -0.160. The first-order valence-corrected chi connectivity index (χ1v) is 16.3. The maximum atomic E-state index is 15.5. The number of aromatic nitrogens is 2. The molecule has 11 nitrogen and oxygen atoms in total. The van der Waals surface area contributed by atoms with Gasteiger partial charge in [-0.25, -0.2) is 19.4 Å². The number of rotatable bonds is 9. The normalized spacial score (nSPS) is 19.8. The highest BCUT2D eigenvalue weighted by molar-refractivity contribution is 6.24. The Hall–Kier alpha value is -4.59. The lowest BCUT2D eigenvalue weighted by Crippen LogP contribution is -2.60. The first-order chi connectivity index (χ1) is 25.0. The number of amides is 2. The molecule has 3 aromatic rings. The zero-order valence-corrected chi connectivity index (χ0v) is 29.2. The fourth-order valence-corrected chi connectivity index (χ4v) is 6.51. The highest BCUT2D eigenvalue weighted by Crippen LogP contribution is 2.43. The van der Waals surface area contributed by atoms with E-state index in [0.29, 0.717) is 63.8 Å². The van der Waals surface area contributed by atoms with Gasteiger partial charge in [-0.3, -0.25) is 19.5 Å². The van der Waals surface area contributed by atoms with Crippen LogP contribution in [0.5, 0.6) is 5.75 Å². The number of alkyl halides is 6. The molecular weight excluding hydrogens is 760 g/mol. The highest BCUT2D eigenvalue weighted by Gasteiger charge is 2.53. The van der Waals surface area contributed by atoms with Gasteiger partial charge in [0.2, 0.25) is 5.82 Å². The van der Waals surface area contributed by atoms with Crippen LogP contribution in [-0.4, -0.2) is 93.3 Å². The molecule has 0 radical (unpaired) electrons. The number of fused-ring (bicyclic) bond motifs is 1. The van der Waals surface area contributed by atoms with E-state index in [0.717, 1.165) is 11.1 Å². The van der Waals surface area contributed by atoms with Crippen molar-refractivity contribution in [2.24, 2.45) is 0 Å². The summed E-state index contributed by atoms with van der Waals surface area (Å²) in [5.41, 5.74) is -7.01. The molecule has 3 aliphatic rings. The SMILES string of the molecule is C[C@@]12CCCN1N(Cc1ccc(OCCN3CCOCC3)c(F)c1F)C(=O)C(C(=O)Nc1ccc(C(F)(F)F)cc1-c1cc(C(F)(F)F)ncn1)=C2O.Cl. The van der Waals surface area contributed by atoms with E-state index in [2.05, 4.69) is 15.3 Å². The van der Waals surface area contributed by atoms with Crippen molar-refractivity contribution in [2.75, 3.05) is 51.3 Å². The molecule has 0 spiro atoms. The number of hydrazine groups is 1. The first-order valence-electron chi connectivity index (χ1n) is 16.3. The Kier molecular flexibility index (Phi) is 11.8. The van der Waals surface area contributed by atoms with E-state index in [1.807, 2.05) is 4.90 Å². The lowest BCUT2D eigenvalue weighted by atomic mass is 9.90. The van der Waals surface area contributed by atoms with Crippen molar-refractivity contribution in [3.8, 4) is 17.0 Å². The number of nitrogens with zero attached hydrogens (tertiary/aromatic N) is 5. The number of morpholine rings is 1. The van der Waals surface area contributed by atoms with Crippen LogP contribution in [0.1, 0.15) is 36.6 Å². The van der Waals surface area contributed by atoms with Crippen molar-refractivity contribution in [3.63, 3.8) is 0 Å². The summed E-state index contributed by atoms with van der Waals surface area (Å²) in [7, 11) is 0. The van der Waals surface area contributed by atoms with Gasteiger partial charge in [0.05, 0.1) is 42.2 Å². The van der Waals surface area contributed by atoms with Crippen molar-refractivity contribution in [3.05, 3.63) is 82.5 Å². The van der Waals surface area contributed by atoms with Gasteiger partial charge in [-0.2, -0.15) is 30.7 Å². The molecule has 4 heterocycles. The monoisotopic (exact) mass is 792 g/mol. The number of ether oxygens (including phenoxy) is 2. The number of carbonyl (C=O) groups excluding carboxylic acids is 2. The van der Waals surface area contributed by atoms with E-state index in [4.69, 9.17) is 9.47 Å². The van der Waals surface area contributed by atoms with Crippen LogP contribution >= 0.6 is 12.4 Å². The summed E-state index contributed by atoms with van der Waals surface area (Å²) in [6.07, 6.45) is -8.83. The molecule has 20 heteroatoms. The minimum absolute atomic E-state index is 0. The van der Waals surface area contributed by atoms with Gasteiger partial charge < -0.3 is 19.9 Å². The molecule has 0 bridgehead atoms. The van der Waals surface area contributed by atoms with Crippen LogP contribution in [-0.2, 0) is 33.2 Å². The number of hydrogen-bond donors (Lipinski definition) is 2. The molecule has 2 N–H and O–H groups in total. The van der Waals surface area contributed by atoms with Crippen LogP contribution in [0.25, 0.3) is 11.3 Å². The molecular formula is C34H33ClF8N6O5. The predicted octanol–water partition coefficient (Wildman–Crippen LogP) is 6.15. The summed E-state index contributed by atoms with van der Waals surface area (Å²) < 4.78 is 123. The minimum atomic E-state index is -4.99. The number of halogens is 9. The van der Waals surface area contributed by atoms with Crippen LogP contribution in [0.4, 0.5) is 40.8 Å². The molecule has 1 atom stereocenters. The van der Waals surface area contributed by atoms with Crippen molar-refractivity contribution in [1.29, 1.82) is 0 Å². The van der Waals surface area contributed by atoms with Gasteiger partial charge >= 0.3 is 12.4 Å². The Balaban J connectivity index is 0.00000561. The van der Waals surface area contributed by atoms with E-state index >= 15 is 8.78 Å².